The molecule has 1 saturated heterocycles. The average Bonchev–Trinajstić information content (AvgIpc) is 3.02. The zero-order valence-electron chi connectivity index (χ0n) is 15.4. The summed E-state index contributed by atoms with van der Waals surface area (Å²) in [4.78, 5) is 24.5. The molecule has 0 aromatic heterocycles. The van der Waals surface area contributed by atoms with Crippen LogP contribution in [0.25, 0.3) is 0 Å². The lowest BCUT2D eigenvalue weighted by molar-refractivity contribution is -0.188. The largest absolute Gasteiger partial charge is 0.465 e. The van der Waals surface area contributed by atoms with Crippen LogP contribution in [0.1, 0.15) is 78.6 Å². The highest BCUT2D eigenvalue weighted by molar-refractivity contribution is 5.77. The van der Waals surface area contributed by atoms with Crippen molar-refractivity contribution in [3.8, 4) is 0 Å². The number of fused-ring (bicyclic) bond motifs is 1. The second-order valence-corrected chi connectivity index (χ2v) is 8.82. The van der Waals surface area contributed by atoms with Crippen molar-refractivity contribution in [1.29, 1.82) is 0 Å². The topological polar surface area (TPSA) is 52.6 Å². The van der Waals surface area contributed by atoms with Crippen molar-refractivity contribution < 1.29 is 19.1 Å². The maximum Gasteiger partial charge on any atom is 0.312 e. The quantitative estimate of drug-likeness (QED) is 0.720. The fourth-order valence-electron chi connectivity index (χ4n) is 4.77. The molecule has 4 atom stereocenters. The number of carbonyl (C=O) groups excluding carboxylic acids is 2. The molecule has 3 rings (SSSR count). The van der Waals surface area contributed by atoms with Gasteiger partial charge in [0, 0.05) is 5.92 Å². The highest BCUT2D eigenvalue weighted by atomic mass is 16.6. The highest BCUT2D eigenvalue weighted by Crippen LogP contribution is 2.50. The first-order valence-corrected chi connectivity index (χ1v) is 9.75. The van der Waals surface area contributed by atoms with Gasteiger partial charge in [-0.15, -0.1) is 0 Å². The van der Waals surface area contributed by atoms with E-state index in [2.05, 4.69) is 0 Å². The molecular weight excluding hydrogens is 304 g/mol. The van der Waals surface area contributed by atoms with E-state index in [9.17, 15) is 9.59 Å². The van der Waals surface area contributed by atoms with Crippen LogP contribution in [0.5, 0.6) is 0 Å². The Bertz CT molecular complexity index is 498. The van der Waals surface area contributed by atoms with E-state index in [0.29, 0.717) is 18.9 Å². The van der Waals surface area contributed by atoms with Crippen molar-refractivity contribution in [1.82, 2.24) is 0 Å². The molecule has 0 N–H and O–H groups in total. The van der Waals surface area contributed by atoms with Crippen molar-refractivity contribution in [2.45, 2.75) is 84.2 Å². The van der Waals surface area contributed by atoms with Crippen LogP contribution in [0.2, 0.25) is 0 Å². The van der Waals surface area contributed by atoms with Crippen LogP contribution in [0.15, 0.2) is 0 Å². The van der Waals surface area contributed by atoms with Crippen molar-refractivity contribution in [3.05, 3.63) is 0 Å². The summed E-state index contributed by atoms with van der Waals surface area (Å²) in [5.74, 6) is 1.20. The number of ether oxygens (including phenoxy) is 2. The predicted molar refractivity (Wildman–Crippen MR) is 91.3 cm³/mol. The fraction of sp³-hybridized carbons (Fsp3) is 0.900. The van der Waals surface area contributed by atoms with Crippen LogP contribution in [0.3, 0.4) is 0 Å². The van der Waals surface area contributed by atoms with Crippen molar-refractivity contribution in [3.63, 3.8) is 0 Å². The van der Waals surface area contributed by atoms with Crippen LogP contribution in [-0.4, -0.2) is 24.1 Å². The third-order valence-corrected chi connectivity index (χ3v) is 6.95. The van der Waals surface area contributed by atoms with Gasteiger partial charge in [0.2, 0.25) is 0 Å². The van der Waals surface area contributed by atoms with Crippen molar-refractivity contribution >= 4 is 11.9 Å². The van der Waals surface area contributed by atoms with Crippen LogP contribution in [0, 0.1) is 23.2 Å². The monoisotopic (exact) mass is 336 g/mol. The van der Waals surface area contributed by atoms with Gasteiger partial charge in [0.05, 0.1) is 18.4 Å². The van der Waals surface area contributed by atoms with E-state index in [-0.39, 0.29) is 17.9 Å². The van der Waals surface area contributed by atoms with E-state index in [0.717, 1.165) is 31.6 Å². The van der Waals surface area contributed by atoms with Gasteiger partial charge in [-0.2, -0.15) is 0 Å². The van der Waals surface area contributed by atoms with Crippen molar-refractivity contribution in [2.75, 3.05) is 6.61 Å². The zero-order chi connectivity index (χ0) is 17.4. The Morgan fingerprint density at radius 2 is 1.96 bits per heavy atom. The number of hydrogen-bond donors (Lipinski definition) is 0. The number of esters is 2. The molecular formula is C20H32O4. The lowest BCUT2D eigenvalue weighted by Gasteiger charge is -2.49. The summed E-state index contributed by atoms with van der Waals surface area (Å²) in [5.41, 5.74) is -0.964. The molecule has 3 fully saturated rings. The third kappa shape index (κ3) is 3.34. The molecule has 4 unspecified atom stereocenters. The Morgan fingerprint density at radius 1 is 1.25 bits per heavy atom. The molecule has 4 heteroatoms. The van der Waals surface area contributed by atoms with Crippen LogP contribution >= 0.6 is 0 Å². The number of hydrogen-bond acceptors (Lipinski definition) is 4. The molecule has 3 aliphatic rings. The Hall–Kier alpha value is -1.06. The Kier molecular flexibility index (Phi) is 4.94. The van der Waals surface area contributed by atoms with Crippen LogP contribution < -0.4 is 0 Å². The number of carbonyl (C=O) groups is 2. The first kappa shape index (κ1) is 17.8. The first-order valence-electron chi connectivity index (χ1n) is 9.75. The maximum atomic E-state index is 12.8. The molecule has 136 valence electrons. The Balaban J connectivity index is 1.82. The van der Waals surface area contributed by atoms with E-state index < -0.39 is 11.0 Å². The van der Waals surface area contributed by atoms with Crippen LogP contribution in [0.4, 0.5) is 0 Å². The molecule has 0 spiro atoms. The maximum absolute atomic E-state index is 12.8. The van der Waals surface area contributed by atoms with Gasteiger partial charge in [0.1, 0.15) is 5.60 Å². The number of rotatable bonds is 4. The fourth-order valence-corrected chi connectivity index (χ4v) is 4.77. The summed E-state index contributed by atoms with van der Waals surface area (Å²) >= 11 is 0. The van der Waals surface area contributed by atoms with E-state index >= 15 is 0 Å². The normalized spacial score (nSPS) is 36.8. The minimum Gasteiger partial charge on any atom is -0.465 e. The van der Waals surface area contributed by atoms with Gasteiger partial charge >= 0.3 is 11.9 Å². The van der Waals surface area contributed by atoms with E-state index in [1.54, 1.807) is 0 Å². The van der Waals surface area contributed by atoms with Gasteiger partial charge in [-0.25, -0.2) is 0 Å². The van der Waals surface area contributed by atoms with Crippen molar-refractivity contribution in [2.24, 2.45) is 23.2 Å². The lowest BCUT2D eigenvalue weighted by Crippen LogP contribution is -2.51. The second-order valence-electron chi connectivity index (χ2n) is 8.82. The van der Waals surface area contributed by atoms with Gasteiger partial charge in [0.15, 0.2) is 0 Å². The average molecular weight is 336 g/mol. The standard InChI is InChI=1S/C20H32O4/c1-4-19(2,3)18(22)24-20(16-11-17(21)23-13-16)10-9-14-7-5-6-8-15(14)12-20/h14-16H,4-13H2,1-3H3. The Labute approximate surface area is 145 Å². The van der Waals surface area contributed by atoms with Gasteiger partial charge < -0.3 is 9.47 Å². The first-order chi connectivity index (χ1) is 11.4. The van der Waals surface area contributed by atoms with E-state index in [4.69, 9.17) is 9.47 Å². The summed E-state index contributed by atoms with van der Waals surface area (Å²) in [6.45, 7) is 6.33. The van der Waals surface area contributed by atoms with E-state index in [1.165, 1.54) is 25.7 Å². The van der Waals surface area contributed by atoms with Gasteiger partial charge in [-0.1, -0.05) is 32.6 Å². The summed E-state index contributed by atoms with van der Waals surface area (Å²) in [6, 6.07) is 0. The lowest BCUT2D eigenvalue weighted by atomic mass is 9.62. The second kappa shape index (κ2) is 6.68. The van der Waals surface area contributed by atoms with Gasteiger partial charge in [-0.05, 0) is 51.4 Å². The van der Waals surface area contributed by atoms with E-state index in [1.807, 2.05) is 20.8 Å². The molecule has 0 aromatic carbocycles. The molecule has 0 bridgehead atoms. The molecule has 4 nitrogen and oxygen atoms in total. The molecule has 1 heterocycles. The van der Waals surface area contributed by atoms with Gasteiger partial charge in [0.25, 0.3) is 0 Å². The summed E-state index contributed by atoms with van der Waals surface area (Å²) < 4.78 is 11.5. The zero-order valence-corrected chi connectivity index (χ0v) is 15.4. The summed E-state index contributed by atoms with van der Waals surface area (Å²) in [6.07, 6.45) is 9.26. The number of cyclic esters (lactones) is 1. The predicted octanol–water partition coefficient (Wildman–Crippen LogP) is 4.26. The molecule has 0 amide bonds. The van der Waals surface area contributed by atoms with Gasteiger partial charge in [-0.3, -0.25) is 9.59 Å². The molecule has 1 aliphatic heterocycles. The molecule has 2 saturated carbocycles. The van der Waals surface area contributed by atoms with Crippen LogP contribution in [-0.2, 0) is 19.1 Å². The SMILES string of the molecule is CCC(C)(C)C(=O)OC1(C2COC(=O)C2)CCC2CCCCC2C1. The minimum absolute atomic E-state index is 0.0319. The highest BCUT2D eigenvalue weighted by Gasteiger charge is 2.52. The third-order valence-electron chi connectivity index (χ3n) is 6.95. The molecule has 24 heavy (non-hydrogen) atoms. The minimum atomic E-state index is -0.492. The smallest absolute Gasteiger partial charge is 0.312 e. The molecule has 2 aliphatic carbocycles. The molecule has 0 radical (unpaired) electrons. The summed E-state index contributed by atoms with van der Waals surface area (Å²) in [7, 11) is 0. The summed E-state index contributed by atoms with van der Waals surface area (Å²) in [5, 5.41) is 0. The Morgan fingerprint density at radius 3 is 2.58 bits per heavy atom. The molecule has 0 aromatic rings.